The lowest BCUT2D eigenvalue weighted by molar-refractivity contribution is -0.198. The number of amides is 2. The lowest BCUT2D eigenvalue weighted by Gasteiger charge is -2.18. The van der Waals surface area contributed by atoms with Crippen LogP contribution in [-0.2, 0) is 30.4 Å². The summed E-state index contributed by atoms with van der Waals surface area (Å²) in [6.07, 6.45) is 3.61. The van der Waals surface area contributed by atoms with Crippen molar-refractivity contribution in [1.29, 1.82) is 0 Å². The Morgan fingerprint density at radius 1 is 1.52 bits per heavy atom. The van der Waals surface area contributed by atoms with Crippen molar-refractivity contribution in [1.82, 2.24) is 20.3 Å². The predicted octanol–water partition coefficient (Wildman–Crippen LogP) is -1.67. The molecule has 1 aromatic rings. The fourth-order valence-corrected chi connectivity index (χ4v) is 1.79. The number of nitrogens with one attached hydrogen (secondary N) is 2. The van der Waals surface area contributed by atoms with Crippen LogP contribution in [0, 0.1) is 0 Å². The van der Waals surface area contributed by atoms with E-state index in [1.807, 2.05) is 0 Å². The molecule has 1 radical (unpaired) electrons. The molecule has 21 heavy (non-hydrogen) atoms. The third kappa shape index (κ3) is 3.75. The second-order valence-corrected chi connectivity index (χ2v) is 4.30. The molecule has 2 N–H and O–H groups in total. The summed E-state index contributed by atoms with van der Waals surface area (Å²) in [5.41, 5.74) is 0.628. The zero-order chi connectivity index (χ0) is 15.2. The number of aromatic nitrogens is 2. The van der Waals surface area contributed by atoms with Gasteiger partial charge in [-0.3, -0.25) is 9.59 Å². The van der Waals surface area contributed by atoms with Gasteiger partial charge in [0.25, 0.3) is 19.2 Å². The van der Waals surface area contributed by atoms with Crippen LogP contribution in [0.4, 0.5) is 0 Å². The Morgan fingerprint density at radius 2 is 2.24 bits per heavy atom. The molecule has 1 aromatic heterocycles. The zero-order valence-corrected chi connectivity index (χ0v) is 10.9. The average molecular weight is 291 g/mol. The van der Waals surface area contributed by atoms with E-state index < -0.39 is 23.8 Å². The predicted molar refractivity (Wildman–Crippen MR) is 68.9 cm³/mol. The normalized spacial score (nSPS) is 15.9. The SMILES string of the molecule is O=C[B]NC(Cc1cnc[nH]1)C(=O)ON1C(=O)CCC1=O. The van der Waals surface area contributed by atoms with Crippen molar-refractivity contribution < 1.29 is 24.0 Å². The van der Waals surface area contributed by atoms with Crippen LogP contribution in [-0.4, -0.2) is 52.5 Å². The fraction of sp³-hybridized carbons (Fsp3) is 0.364. The van der Waals surface area contributed by atoms with E-state index in [9.17, 15) is 19.2 Å². The first-order valence-corrected chi connectivity index (χ1v) is 6.19. The van der Waals surface area contributed by atoms with Gasteiger partial charge >= 0.3 is 5.97 Å². The van der Waals surface area contributed by atoms with Gasteiger partial charge in [-0.1, -0.05) is 0 Å². The van der Waals surface area contributed by atoms with Gasteiger partial charge in [0.15, 0.2) is 0 Å². The Hall–Kier alpha value is -2.49. The van der Waals surface area contributed by atoms with Gasteiger partial charge in [-0.15, -0.1) is 5.06 Å². The van der Waals surface area contributed by atoms with Gasteiger partial charge in [-0.05, 0) is 0 Å². The van der Waals surface area contributed by atoms with Gasteiger partial charge in [-0.2, -0.15) is 0 Å². The van der Waals surface area contributed by atoms with Crippen LogP contribution in [0.15, 0.2) is 12.5 Å². The van der Waals surface area contributed by atoms with E-state index in [1.54, 1.807) is 0 Å². The highest BCUT2D eigenvalue weighted by atomic mass is 16.7. The topological polar surface area (TPSA) is 121 Å². The van der Waals surface area contributed by atoms with Crippen LogP contribution in [0.2, 0.25) is 0 Å². The van der Waals surface area contributed by atoms with Crippen molar-refractivity contribution in [2.45, 2.75) is 25.3 Å². The minimum Gasteiger partial charge on any atom is -0.348 e. The number of imide groups is 1. The Kier molecular flexibility index (Phi) is 4.83. The molecule has 2 heterocycles. The molecule has 10 heteroatoms. The highest BCUT2D eigenvalue weighted by Crippen LogP contribution is 2.13. The molecule has 0 bridgehead atoms. The van der Waals surface area contributed by atoms with Gasteiger partial charge in [0.2, 0.25) is 0 Å². The van der Waals surface area contributed by atoms with Crippen molar-refractivity contribution in [3.05, 3.63) is 18.2 Å². The third-order valence-electron chi connectivity index (χ3n) is 2.82. The van der Waals surface area contributed by atoms with Gasteiger partial charge in [-0.25, -0.2) is 9.78 Å². The van der Waals surface area contributed by atoms with Crippen LogP contribution in [0.5, 0.6) is 0 Å². The maximum absolute atomic E-state index is 12.0. The first kappa shape index (κ1) is 14.9. The Morgan fingerprint density at radius 3 is 2.81 bits per heavy atom. The minimum absolute atomic E-state index is 0.0191. The molecule has 0 aromatic carbocycles. The van der Waals surface area contributed by atoms with Gasteiger partial charge < -0.3 is 19.8 Å². The van der Waals surface area contributed by atoms with E-state index in [-0.39, 0.29) is 19.3 Å². The Bertz CT molecular complexity index is 531. The molecule has 109 valence electrons. The van der Waals surface area contributed by atoms with Gasteiger partial charge in [0, 0.05) is 31.2 Å². The fourth-order valence-electron chi connectivity index (χ4n) is 1.79. The van der Waals surface area contributed by atoms with Crippen molar-refractivity contribution in [2.75, 3.05) is 0 Å². The third-order valence-corrected chi connectivity index (χ3v) is 2.82. The lowest BCUT2D eigenvalue weighted by atomic mass is 9.95. The number of hydroxylamine groups is 2. The van der Waals surface area contributed by atoms with Gasteiger partial charge in [0.1, 0.15) is 6.04 Å². The lowest BCUT2D eigenvalue weighted by Crippen LogP contribution is -2.46. The molecule has 0 spiro atoms. The summed E-state index contributed by atoms with van der Waals surface area (Å²) in [5, 5.41) is 3.01. The second-order valence-electron chi connectivity index (χ2n) is 4.30. The molecular weight excluding hydrogens is 279 g/mol. The molecule has 1 fully saturated rings. The quantitative estimate of drug-likeness (QED) is 0.350. The molecule has 2 rings (SSSR count). The summed E-state index contributed by atoms with van der Waals surface area (Å²) >= 11 is 0. The molecule has 1 aliphatic heterocycles. The summed E-state index contributed by atoms with van der Waals surface area (Å²) in [7, 11) is 1.04. The summed E-state index contributed by atoms with van der Waals surface area (Å²) in [6, 6.07) is -0.933. The van der Waals surface area contributed by atoms with Crippen LogP contribution >= 0.6 is 0 Å². The number of hydrogen-bond donors (Lipinski definition) is 2. The number of rotatable bonds is 7. The van der Waals surface area contributed by atoms with E-state index >= 15 is 0 Å². The van der Waals surface area contributed by atoms with Crippen LogP contribution < -0.4 is 5.23 Å². The van der Waals surface area contributed by atoms with E-state index in [1.165, 1.54) is 12.5 Å². The Labute approximate surface area is 120 Å². The molecule has 1 saturated heterocycles. The summed E-state index contributed by atoms with van der Waals surface area (Å²) in [6.45, 7) is 0. The number of carbonyl (C=O) groups is 4. The highest BCUT2D eigenvalue weighted by molar-refractivity contribution is 6.64. The number of hydrogen-bond acceptors (Lipinski definition) is 7. The average Bonchev–Trinajstić information content (AvgIpc) is 3.08. The molecule has 0 aliphatic carbocycles. The molecular formula is C11H12BN4O5. The molecule has 2 amide bonds. The smallest absolute Gasteiger partial charge is 0.348 e. The molecule has 1 aliphatic rings. The standard InChI is InChI=1S/C11H12BN4O5/c17-5-12-15-8(3-7-4-13-6-14-7)11(20)21-16-9(18)1-2-10(16)19/h4-6,8,15H,1-3H2,(H,13,14). The van der Waals surface area contributed by atoms with Crippen molar-refractivity contribution in [2.24, 2.45) is 0 Å². The number of carbonyl (C=O) groups excluding carboxylic acids is 4. The molecule has 0 saturated carbocycles. The van der Waals surface area contributed by atoms with Crippen molar-refractivity contribution in [3.63, 3.8) is 0 Å². The van der Waals surface area contributed by atoms with Crippen molar-refractivity contribution >= 4 is 31.4 Å². The van der Waals surface area contributed by atoms with E-state index in [2.05, 4.69) is 15.2 Å². The Balaban J connectivity index is 2.01. The van der Waals surface area contributed by atoms with E-state index in [0.29, 0.717) is 16.9 Å². The molecule has 1 unspecified atom stereocenters. The van der Waals surface area contributed by atoms with Crippen LogP contribution in [0.3, 0.4) is 0 Å². The summed E-state index contributed by atoms with van der Waals surface area (Å²) in [5.74, 6) is -1.97. The molecule has 9 nitrogen and oxygen atoms in total. The number of nitrogens with zero attached hydrogens (tertiary/aromatic N) is 2. The maximum Gasteiger partial charge on any atom is 0.349 e. The van der Waals surface area contributed by atoms with Crippen LogP contribution in [0.1, 0.15) is 18.5 Å². The second kappa shape index (κ2) is 6.79. The first-order chi connectivity index (χ1) is 10.1. The number of aromatic amines is 1. The molecule has 1 atom stereocenters. The largest absolute Gasteiger partial charge is 0.349 e. The maximum atomic E-state index is 12.0. The van der Waals surface area contributed by atoms with Crippen LogP contribution in [0.25, 0.3) is 0 Å². The summed E-state index contributed by atoms with van der Waals surface area (Å²) < 4.78 is 0. The first-order valence-electron chi connectivity index (χ1n) is 6.19. The number of imidazole rings is 1. The number of H-pyrrole nitrogens is 1. The highest BCUT2D eigenvalue weighted by Gasteiger charge is 2.34. The van der Waals surface area contributed by atoms with E-state index in [0.717, 1.165) is 7.41 Å². The van der Waals surface area contributed by atoms with Crippen molar-refractivity contribution in [3.8, 4) is 0 Å². The zero-order valence-electron chi connectivity index (χ0n) is 10.9. The van der Waals surface area contributed by atoms with Gasteiger partial charge in [0.05, 0.1) is 12.5 Å². The van der Waals surface area contributed by atoms with E-state index in [4.69, 9.17) is 4.84 Å². The summed E-state index contributed by atoms with van der Waals surface area (Å²) in [4.78, 5) is 56.6. The monoisotopic (exact) mass is 291 g/mol. The minimum atomic E-state index is -0.933.